The summed E-state index contributed by atoms with van der Waals surface area (Å²) in [5.74, 6) is -2.36. The second kappa shape index (κ2) is 7.58. The van der Waals surface area contributed by atoms with Gasteiger partial charge >= 0.3 is 12.0 Å². The van der Waals surface area contributed by atoms with Crippen molar-refractivity contribution in [1.29, 1.82) is 0 Å². The van der Waals surface area contributed by atoms with Gasteiger partial charge in [0.2, 0.25) is 11.8 Å². The maximum absolute atomic E-state index is 12.1. The number of carbonyl (C=O) groups is 4. The van der Waals surface area contributed by atoms with E-state index in [4.69, 9.17) is 9.84 Å². The fraction of sp³-hybridized carbons (Fsp3) is 0.667. The number of carboxylic acids is 1. The normalized spacial score (nSPS) is 19.9. The van der Waals surface area contributed by atoms with E-state index in [1.54, 1.807) is 6.92 Å². The van der Waals surface area contributed by atoms with Gasteiger partial charge in [0.05, 0.1) is 0 Å². The van der Waals surface area contributed by atoms with Crippen LogP contribution in [0.5, 0.6) is 0 Å². The average molecular weight is 301 g/mol. The molecule has 1 saturated heterocycles. The zero-order chi connectivity index (χ0) is 16.0. The number of piperazine rings is 1. The maximum atomic E-state index is 12.1. The highest BCUT2D eigenvalue weighted by molar-refractivity contribution is 6.04. The monoisotopic (exact) mass is 301 g/mol. The number of urea groups is 1. The van der Waals surface area contributed by atoms with Crippen molar-refractivity contribution in [2.45, 2.75) is 31.8 Å². The summed E-state index contributed by atoms with van der Waals surface area (Å²) in [6, 6.07) is -2.69. The third-order valence-electron chi connectivity index (χ3n) is 3.11. The van der Waals surface area contributed by atoms with Gasteiger partial charge in [0.15, 0.2) is 0 Å². The van der Waals surface area contributed by atoms with Crippen molar-refractivity contribution in [3.8, 4) is 0 Å². The fourth-order valence-corrected chi connectivity index (χ4v) is 2.01. The lowest BCUT2D eigenvalue weighted by molar-refractivity contribution is -0.139. The van der Waals surface area contributed by atoms with Crippen LogP contribution >= 0.6 is 0 Å². The van der Waals surface area contributed by atoms with E-state index >= 15 is 0 Å². The zero-order valence-corrected chi connectivity index (χ0v) is 11.9. The lowest BCUT2D eigenvalue weighted by Crippen LogP contribution is -2.62. The third kappa shape index (κ3) is 4.42. The smallest absolute Gasteiger partial charge is 0.326 e. The Morgan fingerprint density at radius 1 is 1.52 bits per heavy atom. The van der Waals surface area contributed by atoms with E-state index in [1.165, 1.54) is 7.11 Å². The maximum Gasteiger partial charge on any atom is 0.326 e. The molecule has 0 aromatic carbocycles. The van der Waals surface area contributed by atoms with E-state index in [-0.39, 0.29) is 19.6 Å². The number of methoxy groups -OCH3 is 1. The van der Waals surface area contributed by atoms with E-state index in [0.717, 1.165) is 4.90 Å². The molecule has 2 atom stereocenters. The van der Waals surface area contributed by atoms with E-state index in [1.807, 2.05) is 0 Å². The van der Waals surface area contributed by atoms with Crippen molar-refractivity contribution in [3.63, 3.8) is 0 Å². The molecule has 4 amide bonds. The van der Waals surface area contributed by atoms with Gasteiger partial charge < -0.3 is 20.1 Å². The van der Waals surface area contributed by atoms with Crippen molar-refractivity contribution in [2.24, 2.45) is 0 Å². The highest BCUT2D eigenvalue weighted by atomic mass is 16.5. The van der Waals surface area contributed by atoms with Crippen LogP contribution in [0.3, 0.4) is 0 Å². The Kier molecular flexibility index (Phi) is 6.10. The first-order chi connectivity index (χ1) is 9.90. The van der Waals surface area contributed by atoms with Crippen LogP contribution in [0.2, 0.25) is 0 Å². The molecule has 1 aliphatic heterocycles. The van der Waals surface area contributed by atoms with Gasteiger partial charge in [-0.1, -0.05) is 6.92 Å². The Balaban J connectivity index is 2.76. The van der Waals surface area contributed by atoms with Crippen molar-refractivity contribution >= 4 is 23.8 Å². The van der Waals surface area contributed by atoms with Crippen LogP contribution in [0.1, 0.15) is 19.8 Å². The third-order valence-corrected chi connectivity index (χ3v) is 3.11. The summed E-state index contributed by atoms with van der Waals surface area (Å²) in [6.07, 6.45) is 0.407. The predicted octanol–water partition coefficient (Wildman–Crippen LogP) is -1.08. The topological polar surface area (TPSA) is 125 Å². The van der Waals surface area contributed by atoms with Crippen LogP contribution in [0.4, 0.5) is 4.79 Å². The second-order valence-corrected chi connectivity index (χ2v) is 4.59. The number of rotatable bonds is 6. The first kappa shape index (κ1) is 16.9. The summed E-state index contributed by atoms with van der Waals surface area (Å²) in [5, 5.41) is 13.5. The van der Waals surface area contributed by atoms with Crippen LogP contribution in [0, 0.1) is 0 Å². The van der Waals surface area contributed by atoms with Crippen LogP contribution < -0.4 is 10.6 Å². The molecule has 0 aromatic heterocycles. The summed E-state index contributed by atoms with van der Waals surface area (Å²) in [7, 11) is 1.42. The first-order valence-electron chi connectivity index (χ1n) is 6.53. The summed E-state index contributed by atoms with van der Waals surface area (Å²) >= 11 is 0. The number of hydrogen-bond acceptors (Lipinski definition) is 5. The average Bonchev–Trinajstić information content (AvgIpc) is 2.42. The first-order valence-corrected chi connectivity index (χ1v) is 6.53. The van der Waals surface area contributed by atoms with Gasteiger partial charge in [0.25, 0.3) is 0 Å². The van der Waals surface area contributed by atoms with Gasteiger partial charge in [-0.25, -0.2) is 9.59 Å². The molecule has 9 heteroatoms. The van der Waals surface area contributed by atoms with Gasteiger partial charge in [-0.05, 0) is 6.42 Å². The Bertz CT molecular complexity index is 439. The van der Waals surface area contributed by atoms with Crippen LogP contribution in [0.15, 0.2) is 0 Å². The molecule has 0 aromatic rings. The molecule has 1 heterocycles. The molecule has 0 aliphatic carbocycles. The summed E-state index contributed by atoms with van der Waals surface area (Å²) in [5.41, 5.74) is 0. The lowest BCUT2D eigenvalue weighted by atomic mass is 10.1. The molecule has 2 unspecified atom stereocenters. The highest BCUT2D eigenvalue weighted by Crippen LogP contribution is 2.10. The van der Waals surface area contributed by atoms with E-state index in [9.17, 15) is 19.2 Å². The van der Waals surface area contributed by atoms with Crippen molar-refractivity contribution < 1.29 is 29.0 Å². The quantitative estimate of drug-likeness (QED) is 0.536. The van der Waals surface area contributed by atoms with E-state index in [2.05, 4.69) is 10.6 Å². The van der Waals surface area contributed by atoms with Gasteiger partial charge in [0.1, 0.15) is 18.6 Å². The number of amides is 4. The highest BCUT2D eigenvalue weighted by Gasteiger charge is 2.36. The Morgan fingerprint density at radius 2 is 2.19 bits per heavy atom. The molecule has 9 nitrogen and oxygen atoms in total. The summed E-state index contributed by atoms with van der Waals surface area (Å²) in [4.78, 5) is 47.2. The Hall–Kier alpha value is -2.16. The number of nitrogens with one attached hydrogen (secondary N) is 2. The molecule has 1 fully saturated rings. The standard InChI is InChI=1S/C12H19N3O6/c1-3-8-10(17)14-9(16)6-15(8)12(20)13-7(11(18)19)4-5-21-2/h7-8H,3-6H2,1-2H3,(H,13,20)(H,18,19)(H,14,16,17). The minimum Gasteiger partial charge on any atom is -0.480 e. The van der Waals surface area contributed by atoms with Gasteiger partial charge in [-0.3, -0.25) is 14.9 Å². The van der Waals surface area contributed by atoms with Crippen molar-refractivity contribution in [3.05, 3.63) is 0 Å². The molecular formula is C12H19N3O6. The Labute approximate surface area is 121 Å². The van der Waals surface area contributed by atoms with Crippen molar-refractivity contribution in [1.82, 2.24) is 15.5 Å². The van der Waals surface area contributed by atoms with E-state index < -0.39 is 35.9 Å². The van der Waals surface area contributed by atoms with Crippen LogP contribution in [-0.2, 0) is 19.1 Å². The molecule has 3 N–H and O–H groups in total. The molecule has 21 heavy (non-hydrogen) atoms. The van der Waals surface area contributed by atoms with Crippen LogP contribution in [0.25, 0.3) is 0 Å². The molecule has 0 spiro atoms. The number of imide groups is 1. The fourth-order valence-electron chi connectivity index (χ4n) is 2.01. The Morgan fingerprint density at radius 3 is 2.71 bits per heavy atom. The summed E-state index contributed by atoms with van der Waals surface area (Å²) < 4.78 is 4.78. The number of aliphatic carboxylic acids is 1. The minimum absolute atomic E-state index is 0.0857. The molecule has 1 aliphatic rings. The van der Waals surface area contributed by atoms with Crippen LogP contribution in [-0.4, -0.2) is 66.2 Å². The van der Waals surface area contributed by atoms with E-state index in [0.29, 0.717) is 6.42 Å². The number of nitrogens with zero attached hydrogens (tertiary/aromatic N) is 1. The van der Waals surface area contributed by atoms with Gasteiger partial charge in [-0.2, -0.15) is 0 Å². The minimum atomic E-state index is -1.21. The molecular weight excluding hydrogens is 282 g/mol. The van der Waals surface area contributed by atoms with Gasteiger partial charge in [-0.15, -0.1) is 0 Å². The number of ether oxygens (including phenoxy) is 1. The molecule has 118 valence electrons. The van der Waals surface area contributed by atoms with Crippen molar-refractivity contribution in [2.75, 3.05) is 20.3 Å². The molecule has 0 radical (unpaired) electrons. The zero-order valence-electron chi connectivity index (χ0n) is 11.9. The predicted molar refractivity (Wildman–Crippen MR) is 70.4 cm³/mol. The number of carbonyl (C=O) groups excluding carboxylic acids is 3. The largest absolute Gasteiger partial charge is 0.480 e. The molecule has 1 rings (SSSR count). The van der Waals surface area contributed by atoms with Gasteiger partial charge in [0, 0.05) is 20.1 Å². The number of hydrogen-bond donors (Lipinski definition) is 3. The molecule has 0 saturated carbocycles. The SMILES string of the molecule is CCC1C(=O)NC(=O)CN1C(=O)NC(CCOC)C(=O)O. The number of carboxylic acid groups (broad SMARTS) is 1. The summed E-state index contributed by atoms with van der Waals surface area (Å²) in [6.45, 7) is 1.57. The molecule has 0 bridgehead atoms. The second-order valence-electron chi connectivity index (χ2n) is 4.59. The lowest BCUT2D eigenvalue weighted by Gasteiger charge is -2.34.